The number of anilines is 1. The fourth-order valence-electron chi connectivity index (χ4n) is 2.92. The van der Waals surface area contributed by atoms with Gasteiger partial charge in [0.2, 0.25) is 0 Å². The minimum absolute atomic E-state index is 0.00657. The van der Waals surface area contributed by atoms with Gasteiger partial charge in [-0.05, 0) is 18.9 Å². The molecule has 5 nitrogen and oxygen atoms in total. The van der Waals surface area contributed by atoms with Gasteiger partial charge in [0.05, 0.1) is 10.0 Å². The molecule has 3 atom stereocenters. The van der Waals surface area contributed by atoms with Gasteiger partial charge in [0.15, 0.2) is 5.15 Å². The summed E-state index contributed by atoms with van der Waals surface area (Å²) in [5.41, 5.74) is -0.126. The second kappa shape index (κ2) is 4.91. The number of carboxylic acids is 1. The number of piperidine rings is 1. The maximum absolute atomic E-state index is 11.3. The minimum atomic E-state index is -1.17. The molecule has 0 amide bonds. The van der Waals surface area contributed by atoms with Crippen LogP contribution in [0, 0.1) is 11.8 Å². The summed E-state index contributed by atoms with van der Waals surface area (Å²) >= 11 is 17.7. The van der Waals surface area contributed by atoms with Crippen molar-refractivity contribution in [1.82, 2.24) is 9.88 Å². The zero-order chi connectivity index (χ0) is 14.6. The Kier molecular flexibility index (Phi) is 3.49. The normalized spacial score (nSPS) is 28.3. The van der Waals surface area contributed by atoms with Gasteiger partial charge in [-0.25, -0.2) is 9.78 Å². The van der Waals surface area contributed by atoms with Crippen molar-refractivity contribution in [3.63, 3.8) is 0 Å². The lowest BCUT2D eigenvalue weighted by molar-refractivity contribution is 0.0697. The second-order valence-electron chi connectivity index (χ2n) is 5.28. The van der Waals surface area contributed by atoms with E-state index in [2.05, 4.69) is 22.2 Å². The van der Waals surface area contributed by atoms with Crippen molar-refractivity contribution in [2.45, 2.75) is 6.04 Å². The zero-order valence-corrected chi connectivity index (χ0v) is 12.8. The molecule has 1 saturated heterocycles. The standard InChI is InChI=1S/C12H12Cl3N3O2/c1-18-2-4-5(3-18)9(4)16-11-6(12(19)20)7(13)8(14)10(15)17-11/h4-5,9H,2-3H2,1H3,(H,16,17)(H,19,20)/t4-,5+,9?. The van der Waals surface area contributed by atoms with E-state index >= 15 is 0 Å². The number of aromatic nitrogens is 1. The molecule has 1 saturated carbocycles. The van der Waals surface area contributed by atoms with E-state index in [9.17, 15) is 9.90 Å². The molecule has 0 bridgehead atoms. The summed E-state index contributed by atoms with van der Waals surface area (Å²) in [6.45, 7) is 2.00. The maximum Gasteiger partial charge on any atom is 0.341 e. The number of nitrogens with zero attached hydrogens (tertiary/aromatic N) is 2. The van der Waals surface area contributed by atoms with Crippen molar-refractivity contribution in [2.24, 2.45) is 11.8 Å². The monoisotopic (exact) mass is 335 g/mol. The molecule has 20 heavy (non-hydrogen) atoms. The van der Waals surface area contributed by atoms with Gasteiger partial charge in [-0.3, -0.25) is 0 Å². The van der Waals surface area contributed by atoms with Crippen LogP contribution in [0.25, 0.3) is 0 Å². The second-order valence-corrected chi connectivity index (χ2v) is 6.39. The molecule has 2 aliphatic rings. The molecular formula is C12H12Cl3N3O2. The average molecular weight is 337 g/mol. The van der Waals surface area contributed by atoms with Crippen LogP contribution in [0.3, 0.4) is 0 Å². The molecule has 8 heteroatoms. The largest absolute Gasteiger partial charge is 0.478 e. The summed E-state index contributed by atoms with van der Waals surface area (Å²) in [7, 11) is 2.07. The number of rotatable bonds is 3. The number of carbonyl (C=O) groups is 1. The van der Waals surface area contributed by atoms with Crippen LogP contribution in [0.15, 0.2) is 0 Å². The smallest absolute Gasteiger partial charge is 0.341 e. The van der Waals surface area contributed by atoms with Crippen LogP contribution in [0.5, 0.6) is 0 Å². The van der Waals surface area contributed by atoms with Crippen molar-refractivity contribution < 1.29 is 9.90 Å². The Bertz CT molecular complexity index is 584. The minimum Gasteiger partial charge on any atom is -0.478 e. The summed E-state index contributed by atoms with van der Waals surface area (Å²) in [4.78, 5) is 17.6. The number of hydrogen-bond acceptors (Lipinski definition) is 4. The predicted molar refractivity (Wildman–Crippen MR) is 78.1 cm³/mol. The van der Waals surface area contributed by atoms with Crippen molar-refractivity contribution in [2.75, 3.05) is 25.5 Å². The quantitative estimate of drug-likeness (QED) is 0.831. The van der Waals surface area contributed by atoms with Crippen LogP contribution in [0.2, 0.25) is 15.2 Å². The topological polar surface area (TPSA) is 65.5 Å². The molecule has 3 rings (SSSR count). The number of fused-ring (bicyclic) bond motifs is 1. The highest BCUT2D eigenvalue weighted by molar-refractivity contribution is 6.49. The molecule has 2 fully saturated rings. The van der Waals surface area contributed by atoms with Crippen LogP contribution < -0.4 is 5.32 Å². The van der Waals surface area contributed by atoms with Crippen molar-refractivity contribution >= 4 is 46.6 Å². The summed E-state index contributed by atoms with van der Waals surface area (Å²) in [6.07, 6.45) is 0. The summed E-state index contributed by atoms with van der Waals surface area (Å²) in [5.74, 6) is 0.0683. The third kappa shape index (κ3) is 2.22. The lowest BCUT2D eigenvalue weighted by atomic mass is 10.2. The number of carboxylic acid groups (broad SMARTS) is 1. The van der Waals surface area contributed by atoms with E-state index in [4.69, 9.17) is 34.8 Å². The first-order valence-electron chi connectivity index (χ1n) is 6.13. The van der Waals surface area contributed by atoms with E-state index in [0.29, 0.717) is 11.8 Å². The first-order chi connectivity index (χ1) is 9.40. The van der Waals surface area contributed by atoms with Gasteiger partial charge in [0.1, 0.15) is 11.4 Å². The highest BCUT2D eigenvalue weighted by Crippen LogP contribution is 2.47. The van der Waals surface area contributed by atoms with E-state index in [0.717, 1.165) is 13.1 Å². The molecule has 1 aliphatic carbocycles. The van der Waals surface area contributed by atoms with Gasteiger partial charge in [-0.2, -0.15) is 0 Å². The van der Waals surface area contributed by atoms with Crippen LogP contribution in [0.1, 0.15) is 10.4 Å². The number of halogens is 3. The van der Waals surface area contributed by atoms with Crippen LogP contribution in [0.4, 0.5) is 5.82 Å². The van der Waals surface area contributed by atoms with Gasteiger partial charge in [0, 0.05) is 19.1 Å². The van der Waals surface area contributed by atoms with Gasteiger partial charge in [-0.15, -0.1) is 0 Å². The molecule has 1 unspecified atom stereocenters. The van der Waals surface area contributed by atoms with E-state index in [1.807, 2.05) is 0 Å². The van der Waals surface area contributed by atoms with Gasteiger partial charge < -0.3 is 15.3 Å². The van der Waals surface area contributed by atoms with E-state index in [1.165, 1.54) is 0 Å². The lowest BCUT2D eigenvalue weighted by Gasteiger charge is -2.16. The summed E-state index contributed by atoms with van der Waals surface area (Å²) in [5, 5.41) is 12.3. The zero-order valence-electron chi connectivity index (χ0n) is 10.5. The Morgan fingerprint density at radius 3 is 2.45 bits per heavy atom. The third-order valence-corrected chi connectivity index (χ3v) is 5.15. The van der Waals surface area contributed by atoms with E-state index in [1.54, 1.807) is 0 Å². The molecule has 2 N–H and O–H groups in total. The Labute approximate surface area is 130 Å². The van der Waals surface area contributed by atoms with Gasteiger partial charge in [-0.1, -0.05) is 34.8 Å². The fraction of sp³-hybridized carbons (Fsp3) is 0.500. The molecule has 1 aromatic rings. The Morgan fingerprint density at radius 2 is 1.90 bits per heavy atom. The predicted octanol–water partition coefficient (Wildman–Crippen LogP) is 2.71. The highest BCUT2D eigenvalue weighted by Gasteiger charge is 2.55. The lowest BCUT2D eigenvalue weighted by Crippen LogP contribution is -2.25. The number of hydrogen-bond donors (Lipinski definition) is 2. The molecule has 0 aromatic carbocycles. The molecule has 2 heterocycles. The van der Waals surface area contributed by atoms with Crippen molar-refractivity contribution in [1.29, 1.82) is 0 Å². The molecule has 108 valence electrons. The highest BCUT2D eigenvalue weighted by atomic mass is 35.5. The first-order valence-corrected chi connectivity index (χ1v) is 7.26. The van der Waals surface area contributed by atoms with Gasteiger partial charge in [0.25, 0.3) is 0 Å². The average Bonchev–Trinajstić information content (AvgIpc) is 2.82. The van der Waals surface area contributed by atoms with Gasteiger partial charge >= 0.3 is 5.97 Å². The number of aromatic carboxylic acids is 1. The molecule has 1 aromatic heterocycles. The van der Waals surface area contributed by atoms with Crippen molar-refractivity contribution in [3.05, 3.63) is 20.8 Å². The number of pyridine rings is 1. The SMILES string of the molecule is CN1C[C@@H]2C(Nc3nc(Cl)c(Cl)c(Cl)c3C(=O)O)[C@@H]2C1. The Balaban J connectivity index is 1.88. The van der Waals surface area contributed by atoms with Crippen LogP contribution in [-0.4, -0.2) is 47.1 Å². The fourth-order valence-corrected chi connectivity index (χ4v) is 3.54. The van der Waals surface area contributed by atoms with Crippen LogP contribution in [-0.2, 0) is 0 Å². The first kappa shape index (κ1) is 14.2. The summed E-state index contributed by atoms with van der Waals surface area (Å²) in [6, 6.07) is 0.227. The summed E-state index contributed by atoms with van der Waals surface area (Å²) < 4.78 is 0. The Hall–Kier alpha value is -0.750. The molecule has 1 aliphatic heterocycles. The maximum atomic E-state index is 11.3. The van der Waals surface area contributed by atoms with Crippen molar-refractivity contribution in [3.8, 4) is 0 Å². The molecule has 0 spiro atoms. The number of nitrogens with one attached hydrogen (secondary N) is 1. The van der Waals surface area contributed by atoms with E-state index < -0.39 is 5.97 Å². The van der Waals surface area contributed by atoms with E-state index in [-0.39, 0.29) is 32.6 Å². The number of likely N-dealkylation sites (tertiary alicyclic amines) is 1. The third-order valence-electron chi connectivity index (χ3n) is 3.93. The molecule has 0 radical (unpaired) electrons. The van der Waals surface area contributed by atoms with Crippen LogP contribution >= 0.6 is 34.8 Å². The molecular weight excluding hydrogens is 325 g/mol. The Morgan fingerprint density at radius 1 is 1.30 bits per heavy atom.